The number of aromatic nitrogens is 4. The van der Waals surface area contributed by atoms with E-state index in [1.165, 1.54) is 4.31 Å². The van der Waals surface area contributed by atoms with E-state index in [4.69, 9.17) is 4.74 Å². The van der Waals surface area contributed by atoms with E-state index in [1.54, 1.807) is 43.8 Å². The molecule has 3 aromatic heterocycles. The highest BCUT2D eigenvalue weighted by Gasteiger charge is 2.28. The monoisotopic (exact) mass is 511 g/mol. The predicted molar refractivity (Wildman–Crippen MR) is 134 cm³/mol. The number of nitrogens with zero attached hydrogens (tertiary/aromatic N) is 4. The lowest BCUT2D eigenvalue weighted by atomic mass is 10.1. The van der Waals surface area contributed by atoms with E-state index in [2.05, 4.69) is 19.9 Å². The number of methoxy groups -OCH3 is 1. The van der Waals surface area contributed by atoms with Crippen molar-refractivity contribution in [2.24, 2.45) is 0 Å². The van der Waals surface area contributed by atoms with E-state index < -0.39 is 20.8 Å². The van der Waals surface area contributed by atoms with E-state index in [0.29, 0.717) is 30.0 Å². The first-order valence-electron chi connectivity index (χ1n) is 11.2. The average molecular weight is 512 g/mol. The van der Waals surface area contributed by atoms with Gasteiger partial charge in [0.2, 0.25) is 10.0 Å². The summed E-state index contributed by atoms with van der Waals surface area (Å²) in [5.41, 5.74) is 4.08. The van der Waals surface area contributed by atoms with Gasteiger partial charge < -0.3 is 9.72 Å². The molecule has 1 aromatic carbocycles. The molecule has 0 atom stereocenters. The van der Waals surface area contributed by atoms with Crippen LogP contribution in [0.2, 0.25) is 0 Å². The number of hydrogen-bond donors (Lipinski definition) is 1. The lowest BCUT2D eigenvalue weighted by molar-refractivity contribution is 0.413. The van der Waals surface area contributed by atoms with Crippen LogP contribution in [0.15, 0.2) is 59.8 Å². The fourth-order valence-corrected chi connectivity index (χ4v) is 6.75. The maximum Gasteiger partial charge on any atom is 0.243 e. The molecule has 0 radical (unpaired) electrons. The zero-order chi connectivity index (χ0) is 24.4. The molecule has 182 valence electrons. The van der Waals surface area contributed by atoms with E-state index in [0.717, 1.165) is 33.9 Å². The fourth-order valence-electron chi connectivity index (χ4n) is 4.02. The lowest BCUT2D eigenvalue weighted by Gasteiger charge is -2.25. The second-order valence-electron chi connectivity index (χ2n) is 8.24. The van der Waals surface area contributed by atoms with Crippen molar-refractivity contribution in [3.63, 3.8) is 0 Å². The molecule has 0 bridgehead atoms. The van der Waals surface area contributed by atoms with E-state index in [1.807, 2.05) is 18.2 Å². The molecule has 1 aliphatic heterocycles. The molecule has 0 saturated carbocycles. The first kappa shape index (κ1) is 23.6. The molecule has 35 heavy (non-hydrogen) atoms. The van der Waals surface area contributed by atoms with Crippen LogP contribution >= 0.6 is 0 Å². The summed E-state index contributed by atoms with van der Waals surface area (Å²) in [7, 11) is -2.90. The van der Waals surface area contributed by atoms with Crippen LogP contribution in [0.4, 0.5) is 0 Å². The van der Waals surface area contributed by atoms with Gasteiger partial charge in [-0.1, -0.05) is 12.1 Å². The van der Waals surface area contributed by atoms with Crippen molar-refractivity contribution in [2.45, 2.75) is 17.7 Å². The van der Waals surface area contributed by atoms with Gasteiger partial charge in [0.15, 0.2) is 5.65 Å². The Labute approximate surface area is 206 Å². The molecule has 0 spiro atoms. The Hall–Kier alpha value is -3.15. The van der Waals surface area contributed by atoms with E-state index >= 15 is 0 Å². The zero-order valence-corrected chi connectivity index (χ0v) is 20.8. The minimum absolute atomic E-state index is 0.234. The number of nitrogens with one attached hydrogen (secondary N) is 1. The Morgan fingerprint density at radius 1 is 1.03 bits per heavy atom. The maximum atomic E-state index is 12.9. The summed E-state index contributed by atoms with van der Waals surface area (Å²) in [4.78, 5) is 17.0. The highest BCUT2D eigenvalue weighted by Crippen LogP contribution is 2.25. The summed E-state index contributed by atoms with van der Waals surface area (Å²) in [6.45, 7) is 0.570. The van der Waals surface area contributed by atoms with Crippen molar-refractivity contribution in [1.29, 1.82) is 0 Å². The summed E-state index contributed by atoms with van der Waals surface area (Å²) in [5, 5.41) is 0. The van der Waals surface area contributed by atoms with Gasteiger partial charge in [-0.05, 0) is 36.2 Å². The molecule has 1 saturated heterocycles. The van der Waals surface area contributed by atoms with Gasteiger partial charge in [0.05, 0.1) is 17.5 Å². The van der Waals surface area contributed by atoms with E-state index in [-0.39, 0.29) is 18.0 Å². The third-order valence-corrected chi connectivity index (χ3v) is 9.18. The SMILES string of the molecule is COc1ccnc(CCc2nc3ncc(-c4ccc(S(=O)(=O)N5CCS(=O)CC5)cc4)cc3[nH]2)c1. The van der Waals surface area contributed by atoms with Crippen LogP contribution in [0.25, 0.3) is 22.3 Å². The first-order chi connectivity index (χ1) is 16.9. The van der Waals surface area contributed by atoms with Crippen LogP contribution in [-0.2, 0) is 33.7 Å². The van der Waals surface area contributed by atoms with Crippen LogP contribution in [0, 0.1) is 0 Å². The molecule has 1 fully saturated rings. The molecule has 11 heteroatoms. The highest BCUT2D eigenvalue weighted by molar-refractivity contribution is 7.89. The number of ether oxygens (including phenoxy) is 1. The first-order valence-corrected chi connectivity index (χ1v) is 14.1. The topological polar surface area (TPSA) is 118 Å². The van der Waals surface area contributed by atoms with Crippen LogP contribution in [-0.4, -0.2) is 68.6 Å². The van der Waals surface area contributed by atoms with E-state index in [9.17, 15) is 12.6 Å². The van der Waals surface area contributed by atoms with Crippen molar-refractivity contribution in [2.75, 3.05) is 31.7 Å². The van der Waals surface area contributed by atoms with Gasteiger partial charge in [-0.3, -0.25) is 9.19 Å². The molecule has 4 aromatic rings. The number of benzene rings is 1. The fraction of sp³-hybridized carbons (Fsp3) is 0.292. The van der Waals surface area contributed by atoms with Crippen LogP contribution in [0.5, 0.6) is 5.75 Å². The number of imidazole rings is 1. The number of fused-ring (bicyclic) bond motifs is 1. The standard InChI is InChI=1S/C24H25N5O4S2/c1-33-20-8-9-25-19(15-20)4-7-23-27-22-14-18(16-26-24(22)28-23)17-2-5-21(6-3-17)35(31,32)29-10-12-34(30)13-11-29/h2-3,5-6,8-9,14-16H,4,7,10-13H2,1H3,(H,26,27,28). The zero-order valence-electron chi connectivity index (χ0n) is 19.2. The Morgan fingerprint density at radius 3 is 2.54 bits per heavy atom. The molecule has 0 amide bonds. The minimum atomic E-state index is -3.60. The summed E-state index contributed by atoms with van der Waals surface area (Å²) >= 11 is 0. The number of rotatable bonds is 7. The van der Waals surface area contributed by atoms with Crippen LogP contribution in [0.1, 0.15) is 11.5 Å². The molecular formula is C24H25N5O4S2. The van der Waals surface area contributed by atoms with Gasteiger partial charge in [0, 0.05) is 71.5 Å². The molecule has 4 heterocycles. The van der Waals surface area contributed by atoms with Crippen molar-refractivity contribution in [3.8, 4) is 16.9 Å². The van der Waals surface area contributed by atoms with Crippen molar-refractivity contribution in [1.82, 2.24) is 24.2 Å². The number of aryl methyl sites for hydroxylation is 2. The summed E-state index contributed by atoms with van der Waals surface area (Å²) in [6.07, 6.45) is 4.86. The Balaban J connectivity index is 1.31. The highest BCUT2D eigenvalue weighted by atomic mass is 32.2. The largest absolute Gasteiger partial charge is 0.497 e. The van der Waals surface area contributed by atoms with Crippen molar-refractivity contribution in [3.05, 3.63) is 66.4 Å². The average Bonchev–Trinajstić information content (AvgIpc) is 3.30. The molecule has 1 N–H and O–H groups in total. The van der Waals surface area contributed by atoms with Crippen molar-refractivity contribution >= 4 is 32.0 Å². The summed E-state index contributed by atoms with van der Waals surface area (Å²) < 4.78 is 44.0. The number of H-pyrrole nitrogens is 1. The minimum Gasteiger partial charge on any atom is -0.497 e. The van der Waals surface area contributed by atoms with Crippen LogP contribution < -0.4 is 4.74 Å². The van der Waals surface area contributed by atoms with Gasteiger partial charge in [-0.15, -0.1) is 0 Å². The molecule has 0 aliphatic carbocycles. The second kappa shape index (κ2) is 9.84. The number of pyridine rings is 2. The second-order valence-corrected chi connectivity index (χ2v) is 11.9. The summed E-state index contributed by atoms with van der Waals surface area (Å²) in [6, 6.07) is 12.5. The van der Waals surface area contributed by atoms with Gasteiger partial charge in [-0.2, -0.15) is 4.31 Å². The van der Waals surface area contributed by atoms with Gasteiger partial charge in [0.25, 0.3) is 0 Å². The lowest BCUT2D eigenvalue weighted by Crippen LogP contribution is -2.41. The normalized spacial score (nSPS) is 15.5. The third-order valence-electron chi connectivity index (χ3n) is 5.99. The third kappa shape index (κ3) is 5.12. The molecule has 9 nitrogen and oxygen atoms in total. The van der Waals surface area contributed by atoms with Gasteiger partial charge in [-0.25, -0.2) is 18.4 Å². The number of aromatic amines is 1. The quantitative estimate of drug-likeness (QED) is 0.405. The maximum absolute atomic E-state index is 12.9. The molecule has 5 rings (SSSR count). The Kier molecular flexibility index (Phi) is 6.63. The van der Waals surface area contributed by atoms with Gasteiger partial charge in [0.1, 0.15) is 11.6 Å². The summed E-state index contributed by atoms with van der Waals surface area (Å²) in [5.74, 6) is 2.35. The van der Waals surface area contributed by atoms with Crippen LogP contribution in [0.3, 0.4) is 0 Å². The Bertz CT molecular complexity index is 1480. The van der Waals surface area contributed by atoms with Crippen molar-refractivity contribution < 1.29 is 17.4 Å². The Morgan fingerprint density at radius 2 is 1.80 bits per heavy atom. The number of hydrogen-bond acceptors (Lipinski definition) is 7. The van der Waals surface area contributed by atoms with Gasteiger partial charge >= 0.3 is 0 Å². The molecular weight excluding hydrogens is 486 g/mol. The predicted octanol–water partition coefficient (Wildman–Crippen LogP) is 2.57. The number of sulfonamides is 1. The molecule has 0 unspecified atom stereocenters. The molecule has 1 aliphatic rings. The smallest absolute Gasteiger partial charge is 0.243 e.